The Bertz CT molecular complexity index is 634. The van der Waals surface area contributed by atoms with Gasteiger partial charge in [0, 0.05) is 5.92 Å². The van der Waals surface area contributed by atoms with Gasteiger partial charge in [-0.15, -0.1) is 0 Å². The van der Waals surface area contributed by atoms with Crippen molar-refractivity contribution in [3.63, 3.8) is 0 Å². The molecule has 3 aliphatic rings. The summed E-state index contributed by atoms with van der Waals surface area (Å²) in [4.78, 5) is 0. The molecule has 4 atom stereocenters. The van der Waals surface area contributed by atoms with Crippen LogP contribution in [0.4, 0.5) is 0 Å². The van der Waals surface area contributed by atoms with Gasteiger partial charge in [-0.25, -0.2) is 0 Å². The molecule has 127 valence electrons. The molecule has 0 aliphatic heterocycles. The Morgan fingerprint density at radius 2 is 1.75 bits per heavy atom. The number of hydrogen-bond donors (Lipinski definition) is 0. The first kappa shape index (κ1) is 22.4. The molecule has 0 aromatic heterocycles. The second kappa shape index (κ2) is 7.95. The van der Waals surface area contributed by atoms with Gasteiger partial charge in [0.2, 0.25) is 0 Å². The largest absolute Gasteiger partial charge is 3.00 e. The molecule has 0 spiro atoms. The summed E-state index contributed by atoms with van der Waals surface area (Å²) in [5, 5.41) is 0. The van der Waals surface area contributed by atoms with Gasteiger partial charge < -0.3 is 40.4 Å². The number of rotatable bonds is 1. The number of fused-ring (bicyclic) bond motifs is 2. The normalized spacial score (nSPS) is 34.4. The first-order valence-corrected chi connectivity index (χ1v) is 8.33. The maximum Gasteiger partial charge on any atom is 3.00 e. The number of allylic oxidation sites excluding steroid dienone is 3. The molecule has 0 amide bonds. The Balaban J connectivity index is 0.000000960. The fourth-order valence-electron chi connectivity index (χ4n) is 5.07. The van der Waals surface area contributed by atoms with Gasteiger partial charge in [0.05, 0.1) is 0 Å². The molecule has 1 fully saturated rings. The van der Waals surface area contributed by atoms with Crippen LogP contribution in [0.25, 0.3) is 6.08 Å². The monoisotopic (exact) mass is 483 g/mol. The molecular formula is C21H25Br2Ti. The summed E-state index contributed by atoms with van der Waals surface area (Å²) in [6.07, 6.45) is 15.0. The fourth-order valence-corrected chi connectivity index (χ4v) is 5.07. The zero-order chi connectivity index (χ0) is 14.7. The van der Waals surface area contributed by atoms with Crippen molar-refractivity contribution in [3.05, 3.63) is 60.0 Å². The Kier molecular flexibility index (Phi) is 7.42. The first-order chi connectivity index (χ1) is 10.0. The molecule has 3 aliphatic carbocycles. The quantitative estimate of drug-likeness (QED) is 0.290. The van der Waals surface area contributed by atoms with E-state index < -0.39 is 0 Å². The summed E-state index contributed by atoms with van der Waals surface area (Å²) >= 11 is 0. The SMILES string of the molecule is CC1(C)C=CC(C)(C2C=Cc3ccccc32)C2CC[CH-]C21.[Br-].[Br-].[Ti+3]. The van der Waals surface area contributed by atoms with Gasteiger partial charge in [0.15, 0.2) is 0 Å². The van der Waals surface area contributed by atoms with Crippen molar-refractivity contribution >= 4 is 6.08 Å². The van der Waals surface area contributed by atoms with Crippen molar-refractivity contribution in [2.45, 2.75) is 39.5 Å². The topological polar surface area (TPSA) is 0 Å². The zero-order valence-corrected chi connectivity index (χ0v) is 19.3. The maximum absolute atomic E-state index is 2.59. The Morgan fingerprint density at radius 1 is 1.04 bits per heavy atom. The molecular weight excluding hydrogens is 460 g/mol. The summed E-state index contributed by atoms with van der Waals surface area (Å²) in [5.41, 5.74) is 3.52. The van der Waals surface area contributed by atoms with Gasteiger partial charge in [0.1, 0.15) is 0 Å². The van der Waals surface area contributed by atoms with Crippen LogP contribution in [0.2, 0.25) is 0 Å². The van der Waals surface area contributed by atoms with Crippen molar-refractivity contribution in [1.82, 2.24) is 0 Å². The Morgan fingerprint density at radius 3 is 2.50 bits per heavy atom. The van der Waals surface area contributed by atoms with Crippen LogP contribution in [-0.4, -0.2) is 0 Å². The molecule has 0 heterocycles. The first-order valence-electron chi connectivity index (χ1n) is 8.33. The second-order valence-corrected chi connectivity index (χ2v) is 7.93. The standard InChI is InChI=1S/C21H25.2BrH.Ti/c1-20(2)13-14-21(3,19-10-6-9-18(19)20)17-12-11-15-7-4-5-8-16(15)17;;;/h4-5,7-9,11-14,17-19H,6,10H2,1-3H3;2*1H;/q-1;;;+3/p-2. The van der Waals surface area contributed by atoms with Crippen LogP contribution in [0.15, 0.2) is 42.5 Å². The maximum atomic E-state index is 2.59. The van der Waals surface area contributed by atoms with Gasteiger partial charge in [-0.1, -0.05) is 81.7 Å². The van der Waals surface area contributed by atoms with E-state index in [4.69, 9.17) is 0 Å². The van der Waals surface area contributed by atoms with Gasteiger partial charge in [-0.2, -0.15) is 12.3 Å². The van der Waals surface area contributed by atoms with Gasteiger partial charge in [0.25, 0.3) is 0 Å². The van der Waals surface area contributed by atoms with Crippen LogP contribution < -0.4 is 34.0 Å². The van der Waals surface area contributed by atoms with Crippen LogP contribution in [0.5, 0.6) is 0 Å². The van der Waals surface area contributed by atoms with Crippen LogP contribution in [0, 0.1) is 29.1 Å². The average molecular weight is 485 g/mol. The Hall–Kier alpha value is 0.374. The van der Waals surface area contributed by atoms with E-state index in [0.29, 0.717) is 11.3 Å². The van der Waals surface area contributed by atoms with E-state index in [9.17, 15) is 0 Å². The molecule has 0 bridgehead atoms. The predicted octanol–water partition coefficient (Wildman–Crippen LogP) is -0.365. The molecule has 0 saturated heterocycles. The molecule has 1 aromatic carbocycles. The summed E-state index contributed by atoms with van der Waals surface area (Å²) in [6.45, 7) is 7.30. The van der Waals surface area contributed by atoms with E-state index in [1.165, 1.54) is 24.0 Å². The molecule has 0 N–H and O–H groups in total. The summed E-state index contributed by atoms with van der Waals surface area (Å²) in [7, 11) is 0. The van der Waals surface area contributed by atoms with Crippen molar-refractivity contribution in [1.29, 1.82) is 0 Å². The smallest absolute Gasteiger partial charge is 1.00 e. The molecule has 1 radical (unpaired) electrons. The minimum Gasteiger partial charge on any atom is -1.00 e. The van der Waals surface area contributed by atoms with Crippen LogP contribution in [0.1, 0.15) is 50.7 Å². The Labute approximate surface area is 183 Å². The van der Waals surface area contributed by atoms with E-state index in [-0.39, 0.29) is 61.1 Å². The van der Waals surface area contributed by atoms with Gasteiger partial charge in [-0.05, 0) is 22.0 Å². The number of halogens is 2. The van der Waals surface area contributed by atoms with E-state index >= 15 is 0 Å². The summed E-state index contributed by atoms with van der Waals surface area (Å²) < 4.78 is 0. The molecule has 24 heavy (non-hydrogen) atoms. The number of benzene rings is 1. The third-order valence-electron chi connectivity index (χ3n) is 6.33. The van der Waals surface area contributed by atoms with Crippen molar-refractivity contribution in [2.24, 2.45) is 22.7 Å². The van der Waals surface area contributed by atoms with Gasteiger partial charge in [-0.3, -0.25) is 0 Å². The molecule has 4 unspecified atom stereocenters. The molecule has 0 nitrogen and oxygen atoms in total. The fraction of sp³-hybridized carbons (Fsp3) is 0.476. The minimum absolute atomic E-state index is 0. The van der Waals surface area contributed by atoms with E-state index in [0.717, 1.165) is 11.8 Å². The van der Waals surface area contributed by atoms with Crippen LogP contribution >= 0.6 is 0 Å². The molecule has 1 saturated carbocycles. The van der Waals surface area contributed by atoms with E-state index in [1.54, 1.807) is 0 Å². The van der Waals surface area contributed by atoms with Crippen LogP contribution in [0.3, 0.4) is 0 Å². The summed E-state index contributed by atoms with van der Waals surface area (Å²) in [5.74, 6) is 2.05. The third-order valence-corrected chi connectivity index (χ3v) is 6.33. The number of hydrogen-bond acceptors (Lipinski definition) is 0. The van der Waals surface area contributed by atoms with Crippen LogP contribution in [-0.2, 0) is 21.7 Å². The minimum atomic E-state index is 0. The molecule has 1 aromatic rings. The van der Waals surface area contributed by atoms with Crippen molar-refractivity contribution in [3.8, 4) is 0 Å². The molecule has 3 heteroatoms. The molecule has 4 rings (SSSR count). The van der Waals surface area contributed by atoms with Gasteiger partial charge >= 0.3 is 21.7 Å². The zero-order valence-electron chi connectivity index (χ0n) is 14.6. The average Bonchev–Trinajstić information content (AvgIpc) is 3.11. The van der Waals surface area contributed by atoms with Crippen molar-refractivity contribution in [2.75, 3.05) is 0 Å². The summed E-state index contributed by atoms with van der Waals surface area (Å²) in [6, 6.07) is 8.92. The van der Waals surface area contributed by atoms with E-state index in [2.05, 4.69) is 75.8 Å². The second-order valence-electron chi connectivity index (χ2n) is 7.93. The van der Waals surface area contributed by atoms with E-state index in [1.807, 2.05) is 0 Å². The van der Waals surface area contributed by atoms with Crippen molar-refractivity contribution < 1.29 is 55.7 Å². The third kappa shape index (κ3) is 3.33. The predicted molar refractivity (Wildman–Crippen MR) is 89.8 cm³/mol.